The number of furan rings is 1. The molecule has 2 aromatic heterocycles. The molecule has 3 aromatic rings. The highest BCUT2D eigenvalue weighted by Gasteiger charge is 2.31. The normalized spacial score (nSPS) is 14.0. The maximum atomic E-state index is 12.5. The summed E-state index contributed by atoms with van der Waals surface area (Å²) in [6.07, 6.45) is 3.81. The van der Waals surface area contributed by atoms with E-state index < -0.39 is 10.0 Å². The van der Waals surface area contributed by atoms with Gasteiger partial charge >= 0.3 is 0 Å². The molecule has 2 N–H and O–H groups in total. The standard InChI is InChI=1S/C20H23N5O4S2/c1-13-5-8-15(10-17(13)31(27,28)21-2)22-18(26)12-30-20-24-23-19(14-6-7-14)25(20)11-16-4-3-9-29-16/h3-5,8-10,14,21H,6-7,11-12H2,1-2H3,(H,22,26). The molecule has 1 aromatic carbocycles. The number of amides is 1. The molecule has 1 fully saturated rings. The number of aryl methyl sites for hydroxylation is 1. The second-order valence-electron chi connectivity index (χ2n) is 7.31. The summed E-state index contributed by atoms with van der Waals surface area (Å²) in [6.45, 7) is 2.22. The van der Waals surface area contributed by atoms with Crippen LogP contribution in [0, 0.1) is 6.92 Å². The van der Waals surface area contributed by atoms with Gasteiger partial charge in [-0.15, -0.1) is 10.2 Å². The van der Waals surface area contributed by atoms with Gasteiger partial charge in [-0.2, -0.15) is 0 Å². The fraction of sp³-hybridized carbons (Fsp3) is 0.350. The van der Waals surface area contributed by atoms with E-state index in [2.05, 4.69) is 20.2 Å². The van der Waals surface area contributed by atoms with Crippen molar-refractivity contribution in [3.63, 3.8) is 0 Å². The number of benzene rings is 1. The number of carbonyl (C=O) groups excluding carboxylic acids is 1. The van der Waals surface area contributed by atoms with Crippen molar-refractivity contribution in [1.82, 2.24) is 19.5 Å². The molecule has 0 aliphatic heterocycles. The van der Waals surface area contributed by atoms with E-state index in [0.29, 0.717) is 28.9 Å². The molecule has 11 heteroatoms. The molecular formula is C20H23N5O4S2. The lowest BCUT2D eigenvalue weighted by Gasteiger charge is -2.11. The first-order valence-corrected chi connectivity index (χ1v) is 12.3. The zero-order valence-electron chi connectivity index (χ0n) is 17.2. The monoisotopic (exact) mass is 461 g/mol. The maximum absolute atomic E-state index is 12.5. The molecule has 1 aliphatic rings. The third kappa shape index (κ3) is 5.00. The van der Waals surface area contributed by atoms with E-state index in [0.717, 1.165) is 24.4 Å². The van der Waals surface area contributed by atoms with Crippen LogP contribution in [0.2, 0.25) is 0 Å². The van der Waals surface area contributed by atoms with E-state index in [1.807, 2.05) is 16.7 Å². The van der Waals surface area contributed by atoms with Gasteiger partial charge < -0.3 is 9.73 Å². The number of aromatic nitrogens is 3. The zero-order valence-corrected chi connectivity index (χ0v) is 18.8. The molecule has 31 heavy (non-hydrogen) atoms. The van der Waals surface area contributed by atoms with Crippen molar-refractivity contribution in [1.29, 1.82) is 0 Å². The molecule has 164 valence electrons. The Morgan fingerprint density at radius 2 is 2.10 bits per heavy atom. The predicted octanol–water partition coefficient (Wildman–Crippen LogP) is 2.74. The minimum Gasteiger partial charge on any atom is -0.467 e. The van der Waals surface area contributed by atoms with Crippen LogP contribution < -0.4 is 10.0 Å². The molecule has 1 aliphatic carbocycles. The van der Waals surface area contributed by atoms with Crippen molar-refractivity contribution in [2.45, 2.75) is 42.3 Å². The lowest BCUT2D eigenvalue weighted by atomic mass is 10.2. The van der Waals surface area contributed by atoms with Crippen molar-refractivity contribution < 1.29 is 17.6 Å². The highest BCUT2D eigenvalue weighted by Crippen LogP contribution is 2.40. The Bertz CT molecular complexity index is 1180. The fourth-order valence-corrected chi connectivity index (χ4v) is 4.90. The Labute approximate surface area is 184 Å². The van der Waals surface area contributed by atoms with Crippen LogP contribution in [0.1, 0.15) is 35.9 Å². The minimum atomic E-state index is -3.61. The number of sulfonamides is 1. The predicted molar refractivity (Wildman–Crippen MR) is 117 cm³/mol. The molecule has 1 amide bonds. The number of rotatable bonds is 9. The fourth-order valence-electron chi connectivity index (χ4n) is 3.16. The first kappa shape index (κ1) is 21.6. The van der Waals surface area contributed by atoms with E-state index in [-0.39, 0.29) is 16.6 Å². The molecule has 0 radical (unpaired) electrons. The first-order valence-electron chi connectivity index (χ1n) is 9.79. The van der Waals surface area contributed by atoms with E-state index in [9.17, 15) is 13.2 Å². The van der Waals surface area contributed by atoms with Gasteiger partial charge in [0.05, 0.1) is 23.5 Å². The Balaban J connectivity index is 1.44. The summed E-state index contributed by atoms with van der Waals surface area (Å²) in [5.41, 5.74) is 1.01. The summed E-state index contributed by atoms with van der Waals surface area (Å²) in [6, 6.07) is 8.52. The molecule has 0 saturated heterocycles. The van der Waals surface area contributed by atoms with Crippen LogP contribution in [-0.4, -0.2) is 41.9 Å². The SMILES string of the molecule is CNS(=O)(=O)c1cc(NC(=O)CSc2nnc(C3CC3)n2Cc2ccco2)ccc1C. The van der Waals surface area contributed by atoms with Crippen LogP contribution in [0.4, 0.5) is 5.69 Å². The highest BCUT2D eigenvalue weighted by atomic mass is 32.2. The molecule has 1 saturated carbocycles. The number of thioether (sulfide) groups is 1. The number of hydrogen-bond donors (Lipinski definition) is 2. The summed E-state index contributed by atoms with van der Waals surface area (Å²) < 4.78 is 34.0. The summed E-state index contributed by atoms with van der Waals surface area (Å²) >= 11 is 1.28. The molecular weight excluding hydrogens is 438 g/mol. The Kier molecular flexibility index (Phi) is 6.17. The van der Waals surface area contributed by atoms with Crippen molar-refractivity contribution in [2.75, 3.05) is 18.1 Å². The van der Waals surface area contributed by atoms with E-state index >= 15 is 0 Å². The number of nitrogens with one attached hydrogen (secondary N) is 2. The summed E-state index contributed by atoms with van der Waals surface area (Å²) in [7, 11) is -2.26. The molecule has 0 atom stereocenters. The van der Waals surface area contributed by atoms with Crippen molar-refractivity contribution >= 4 is 33.4 Å². The van der Waals surface area contributed by atoms with Gasteiger partial charge in [-0.1, -0.05) is 17.8 Å². The smallest absolute Gasteiger partial charge is 0.240 e. The maximum Gasteiger partial charge on any atom is 0.240 e. The minimum absolute atomic E-state index is 0.114. The molecule has 0 bridgehead atoms. The van der Waals surface area contributed by atoms with Gasteiger partial charge in [-0.25, -0.2) is 13.1 Å². The van der Waals surface area contributed by atoms with Crippen LogP contribution >= 0.6 is 11.8 Å². The van der Waals surface area contributed by atoms with Crippen molar-refractivity contribution in [3.05, 3.63) is 53.7 Å². The van der Waals surface area contributed by atoms with Gasteiger partial charge in [0, 0.05) is 11.6 Å². The highest BCUT2D eigenvalue weighted by molar-refractivity contribution is 7.99. The molecule has 2 heterocycles. The Morgan fingerprint density at radius 3 is 2.77 bits per heavy atom. The van der Waals surface area contributed by atoms with Crippen LogP contribution in [0.15, 0.2) is 51.1 Å². The average Bonchev–Trinajstić information content (AvgIpc) is 3.31. The second kappa shape index (κ2) is 8.85. The molecule has 0 spiro atoms. The van der Waals surface area contributed by atoms with Crippen molar-refractivity contribution in [3.8, 4) is 0 Å². The summed E-state index contributed by atoms with van der Waals surface area (Å²) in [4.78, 5) is 12.6. The third-order valence-electron chi connectivity index (χ3n) is 4.94. The zero-order chi connectivity index (χ0) is 22.0. The number of anilines is 1. The van der Waals surface area contributed by atoms with Crippen LogP contribution in [-0.2, 0) is 21.4 Å². The van der Waals surface area contributed by atoms with Gasteiger partial charge in [0.2, 0.25) is 15.9 Å². The largest absolute Gasteiger partial charge is 0.467 e. The quantitative estimate of drug-likeness (QED) is 0.470. The lowest BCUT2D eigenvalue weighted by Crippen LogP contribution is -2.20. The van der Waals surface area contributed by atoms with Gasteiger partial charge in [0.25, 0.3) is 0 Å². The van der Waals surface area contributed by atoms with Crippen LogP contribution in [0.5, 0.6) is 0 Å². The number of hydrogen-bond acceptors (Lipinski definition) is 7. The molecule has 4 rings (SSSR count). The number of nitrogens with zero attached hydrogens (tertiary/aromatic N) is 3. The van der Waals surface area contributed by atoms with Crippen molar-refractivity contribution in [2.24, 2.45) is 0 Å². The van der Waals surface area contributed by atoms with Crippen LogP contribution in [0.25, 0.3) is 0 Å². The van der Waals surface area contributed by atoms with Gasteiger partial charge in [0.15, 0.2) is 5.16 Å². The van der Waals surface area contributed by atoms with E-state index in [4.69, 9.17) is 4.42 Å². The molecule has 0 unspecified atom stereocenters. The third-order valence-corrected chi connectivity index (χ3v) is 7.47. The van der Waals surface area contributed by atoms with E-state index in [1.165, 1.54) is 24.9 Å². The topological polar surface area (TPSA) is 119 Å². The van der Waals surface area contributed by atoms with E-state index in [1.54, 1.807) is 25.3 Å². The second-order valence-corrected chi connectivity index (χ2v) is 10.1. The average molecular weight is 462 g/mol. The lowest BCUT2D eigenvalue weighted by molar-refractivity contribution is -0.113. The summed E-state index contributed by atoms with van der Waals surface area (Å²) in [5.74, 6) is 1.97. The van der Waals surface area contributed by atoms with Gasteiger partial charge in [0.1, 0.15) is 11.6 Å². The Hall–Kier alpha value is -2.63. The summed E-state index contributed by atoms with van der Waals surface area (Å²) in [5, 5.41) is 12.0. The number of carbonyl (C=O) groups is 1. The van der Waals surface area contributed by atoms with Gasteiger partial charge in [-0.05, 0) is 56.6 Å². The first-order chi connectivity index (χ1) is 14.9. The van der Waals surface area contributed by atoms with Gasteiger partial charge in [-0.3, -0.25) is 9.36 Å². The van der Waals surface area contributed by atoms with Crippen LogP contribution in [0.3, 0.4) is 0 Å². The molecule has 9 nitrogen and oxygen atoms in total. The Morgan fingerprint density at radius 1 is 1.29 bits per heavy atom.